The van der Waals surface area contributed by atoms with Gasteiger partial charge in [0.15, 0.2) is 0 Å². The summed E-state index contributed by atoms with van der Waals surface area (Å²) in [5.41, 5.74) is 3.98. The van der Waals surface area contributed by atoms with Crippen LogP contribution in [0, 0.1) is 6.92 Å². The highest BCUT2D eigenvalue weighted by Crippen LogP contribution is 2.18. The summed E-state index contributed by atoms with van der Waals surface area (Å²) < 4.78 is 2.27. The van der Waals surface area contributed by atoms with Crippen LogP contribution in [-0.2, 0) is 13.1 Å². The Balaban J connectivity index is 1.66. The molecule has 0 spiro atoms. The molecule has 0 aliphatic carbocycles. The molecule has 0 saturated heterocycles. The summed E-state index contributed by atoms with van der Waals surface area (Å²) >= 11 is 0. The van der Waals surface area contributed by atoms with Crippen LogP contribution < -0.4 is 5.32 Å². The molecule has 1 heterocycles. The van der Waals surface area contributed by atoms with Crippen LogP contribution >= 0.6 is 0 Å². The molecule has 148 valence electrons. The average molecular weight is 378 g/mol. The van der Waals surface area contributed by atoms with E-state index in [0.29, 0.717) is 12.1 Å². The van der Waals surface area contributed by atoms with Crippen LogP contribution in [0.2, 0.25) is 0 Å². The van der Waals surface area contributed by atoms with Crippen molar-refractivity contribution >= 4 is 16.9 Å². The highest BCUT2D eigenvalue weighted by atomic mass is 16.1. The van der Waals surface area contributed by atoms with Gasteiger partial charge in [-0.3, -0.25) is 4.79 Å². The maximum atomic E-state index is 12.5. The Morgan fingerprint density at radius 3 is 2.46 bits per heavy atom. The van der Waals surface area contributed by atoms with Crippen LogP contribution in [0.25, 0.3) is 11.0 Å². The van der Waals surface area contributed by atoms with Crippen molar-refractivity contribution in [3.8, 4) is 0 Å². The number of benzene rings is 2. The molecule has 4 nitrogen and oxygen atoms in total. The number of nitrogens with zero attached hydrogens (tertiary/aromatic N) is 2. The highest BCUT2D eigenvalue weighted by molar-refractivity contribution is 5.94. The van der Waals surface area contributed by atoms with Gasteiger partial charge in [0.25, 0.3) is 5.91 Å². The van der Waals surface area contributed by atoms with E-state index in [4.69, 9.17) is 4.98 Å². The maximum absolute atomic E-state index is 12.5. The number of aromatic nitrogens is 2. The second kappa shape index (κ2) is 10.1. The Morgan fingerprint density at radius 2 is 1.68 bits per heavy atom. The zero-order valence-corrected chi connectivity index (χ0v) is 17.1. The summed E-state index contributed by atoms with van der Waals surface area (Å²) in [7, 11) is 0. The molecule has 0 saturated carbocycles. The van der Waals surface area contributed by atoms with E-state index in [-0.39, 0.29) is 5.91 Å². The van der Waals surface area contributed by atoms with Crippen LogP contribution in [0.1, 0.15) is 67.2 Å². The summed E-state index contributed by atoms with van der Waals surface area (Å²) in [6.07, 6.45) is 7.59. The number of imidazole rings is 1. The van der Waals surface area contributed by atoms with Gasteiger partial charge in [0.1, 0.15) is 5.82 Å². The van der Waals surface area contributed by atoms with Gasteiger partial charge < -0.3 is 9.88 Å². The van der Waals surface area contributed by atoms with Crippen molar-refractivity contribution in [1.82, 2.24) is 14.9 Å². The molecule has 3 aromatic rings. The first-order chi connectivity index (χ1) is 13.7. The molecule has 0 unspecified atom stereocenters. The number of aryl methyl sites for hydroxylation is 2. The number of amides is 1. The van der Waals surface area contributed by atoms with Crippen LogP contribution in [0.4, 0.5) is 0 Å². The topological polar surface area (TPSA) is 46.9 Å². The zero-order chi connectivity index (χ0) is 19.8. The lowest BCUT2D eigenvalue weighted by molar-refractivity contribution is 0.0949. The van der Waals surface area contributed by atoms with Gasteiger partial charge in [-0.15, -0.1) is 0 Å². The zero-order valence-electron chi connectivity index (χ0n) is 17.1. The molecule has 1 N–H and O–H groups in total. The predicted molar refractivity (Wildman–Crippen MR) is 115 cm³/mol. The lowest BCUT2D eigenvalue weighted by Gasteiger charge is -2.10. The number of hydrogen-bond donors (Lipinski definition) is 1. The van der Waals surface area contributed by atoms with E-state index in [1.165, 1.54) is 32.1 Å². The van der Waals surface area contributed by atoms with E-state index in [9.17, 15) is 4.79 Å². The van der Waals surface area contributed by atoms with Crippen LogP contribution in [0.3, 0.4) is 0 Å². The number of unbranched alkanes of at least 4 members (excludes halogenated alkanes) is 5. The van der Waals surface area contributed by atoms with Gasteiger partial charge in [-0.1, -0.05) is 68.9 Å². The summed E-state index contributed by atoms with van der Waals surface area (Å²) in [6, 6.07) is 15.9. The lowest BCUT2D eigenvalue weighted by atomic mass is 10.1. The van der Waals surface area contributed by atoms with Crippen molar-refractivity contribution in [3.63, 3.8) is 0 Å². The van der Waals surface area contributed by atoms with Crippen molar-refractivity contribution < 1.29 is 4.79 Å². The molecule has 2 aromatic carbocycles. The number of carbonyl (C=O) groups excluding carboxylic acids is 1. The molecule has 0 aliphatic rings. The van der Waals surface area contributed by atoms with Gasteiger partial charge in [0, 0.05) is 12.1 Å². The van der Waals surface area contributed by atoms with Gasteiger partial charge in [0.05, 0.1) is 17.6 Å². The highest BCUT2D eigenvalue weighted by Gasteiger charge is 2.12. The first-order valence-corrected chi connectivity index (χ1v) is 10.5. The summed E-state index contributed by atoms with van der Waals surface area (Å²) in [5, 5.41) is 3.03. The van der Waals surface area contributed by atoms with Crippen LogP contribution in [0.15, 0.2) is 48.5 Å². The van der Waals surface area contributed by atoms with E-state index in [2.05, 4.69) is 28.9 Å². The Hall–Kier alpha value is -2.62. The van der Waals surface area contributed by atoms with Crippen molar-refractivity contribution in [3.05, 3.63) is 65.5 Å². The molecule has 0 radical (unpaired) electrons. The Morgan fingerprint density at radius 1 is 0.964 bits per heavy atom. The summed E-state index contributed by atoms with van der Waals surface area (Å²) in [5.74, 6) is 0.869. The van der Waals surface area contributed by atoms with Crippen LogP contribution in [-0.4, -0.2) is 15.5 Å². The van der Waals surface area contributed by atoms with Crippen molar-refractivity contribution in [2.24, 2.45) is 0 Å². The molecular formula is C24H31N3O. The minimum absolute atomic E-state index is 0.0572. The number of carbonyl (C=O) groups is 1. The molecule has 1 amide bonds. The second-order valence-corrected chi connectivity index (χ2v) is 7.48. The largest absolute Gasteiger partial charge is 0.345 e. The first-order valence-electron chi connectivity index (χ1n) is 10.5. The molecule has 0 atom stereocenters. The lowest BCUT2D eigenvalue weighted by Crippen LogP contribution is -2.24. The fourth-order valence-electron chi connectivity index (χ4n) is 3.53. The minimum Gasteiger partial charge on any atom is -0.345 e. The Kier molecular flexibility index (Phi) is 7.24. The number of para-hydroxylation sites is 2. The van der Waals surface area contributed by atoms with Gasteiger partial charge in [0.2, 0.25) is 0 Å². The van der Waals surface area contributed by atoms with Crippen molar-refractivity contribution in [2.75, 3.05) is 0 Å². The molecular weight excluding hydrogens is 346 g/mol. The number of nitrogens with one attached hydrogen (secondary N) is 1. The van der Waals surface area contributed by atoms with Crippen LogP contribution in [0.5, 0.6) is 0 Å². The summed E-state index contributed by atoms with van der Waals surface area (Å²) in [4.78, 5) is 17.2. The van der Waals surface area contributed by atoms with Crippen molar-refractivity contribution in [1.29, 1.82) is 0 Å². The molecule has 28 heavy (non-hydrogen) atoms. The molecule has 0 bridgehead atoms. The normalized spacial score (nSPS) is 11.1. The fraction of sp³-hybridized carbons (Fsp3) is 0.417. The predicted octanol–water partition coefficient (Wildman–Crippen LogP) is 5.64. The number of rotatable bonds is 10. The van der Waals surface area contributed by atoms with E-state index in [0.717, 1.165) is 35.4 Å². The number of hydrogen-bond acceptors (Lipinski definition) is 2. The van der Waals surface area contributed by atoms with E-state index < -0.39 is 0 Å². The van der Waals surface area contributed by atoms with E-state index >= 15 is 0 Å². The van der Waals surface area contributed by atoms with Gasteiger partial charge in [-0.2, -0.15) is 0 Å². The average Bonchev–Trinajstić information content (AvgIpc) is 3.07. The van der Waals surface area contributed by atoms with E-state index in [1.807, 2.05) is 43.3 Å². The molecule has 0 aliphatic heterocycles. The third kappa shape index (κ3) is 5.22. The Labute approximate surface area is 168 Å². The quantitative estimate of drug-likeness (QED) is 0.465. The third-order valence-corrected chi connectivity index (χ3v) is 5.19. The number of fused-ring (bicyclic) bond motifs is 1. The second-order valence-electron chi connectivity index (χ2n) is 7.48. The molecule has 3 rings (SSSR count). The van der Waals surface area contributed by atoms with Gasteiger partial charge in [-0.25, -0.2) is 4.98 Å². The molecule has 0 fully saturated rings. The van der Waals surface area contributed by atoms with Gasteiger partial charge >= 0.3 is 0 Å². The smallest absolute Gasteiger partial charge is 0.251 e. The standard InChI is InChI=1S/C24H31N3O/c1-3-4-5-6-7-10-17-27-22-12-9-8-11-21(22)26-23(27)18-25-24(28)20-15-13-19(2)14-16-20/h8-9,11-16H,3-7,10,17-18H2,1-2H3,(H,25,28). The monoisotopic (exact) mass is 377 g/mol. The summed E-state index contributed by atoms with van der Waals surface area (Å²) in [6.45, 7) is 5.65. The molecule has 4 heteroatoms. The fourth-order valence-corrected chi connectivity index (χ4v) is 3.53. The maximum Gasteiger partial charge on any atom is 0.251 e. The SMILES string of the molecule is CCCCCCCCn1c(CNC(=O)c2ccc(C)cc2)nc2ccccc21. The first kappa shape index (κ1) is 20.1. The molecule has 1 aromatic heterocycles. The Bertz CT molecular complexity index is 896. The van der Waals surface area contributed by atoms with E-state index in [1.54, 1.807) is 0 Å². The third-order valence-electron chi connectivity index (χ3n) is 5.19. The minimum atomic E-state index is -0.0572. The van der Waals surface area contributed by atoms with Crippen molar-refractivity contribution in [2.45, 2.75) is 65.5 Å². The van der Waals surface area contributed by atoms with Gasteiger partial charge in [-0.05, 0) is 37.6 Å².